The predicted octanol–water partition coefficient (Wildman–Crippen LogP) is 2.92. The summed E-state index contributed by atoms with van der Waals surface area (Å²) in [5.74, 6) is 0.0108. The number of nitrogens with zero attached hydrogens (tertiary/aromatic N) is 2. The van der Waals surface area contributed by atoms with Gasteiger partial charge in [0.1, 0.15) is 0 Å². The summed E-state index contributed by atoms with van der Waals surface area (Å²) >= 11 is 0. The minimum absolute atomic E-state index is 0.0108. The number of anilines is 1. The molecule has 1 amide bonds. The zero-order chi connectivity index (χ0) is 15.5. The summed E-state index contributed by atoms with van der Waals surface area (Å²) in [6.45, 7) is 1.19. The molecule has 0 aromatic heterocycles. The number of hydrogen-bond donors (Lipinski definition) is 0. The van der Waals surface area contributed by atoms with E-state index >= 15 is 0 Å². The van der Waals surface area contributed by atoms with Crippen molar-refractivity contribution in [2.45, 2.75) is 6.23 Å². The summed E-state index contributed by atoms with van der Waals surface area (Å²) in [5.41, 5.74) is 2.78. The molecule has 1 unspecified atom stereocenters. The van der Waals surface area contributed by atoms with Gasteiger partial charge < -0.3 is 14.5 Å². The van der Waals surface area contributed by atoms with E-state index < -0.39 is 0 Å². The molecule has 1 saturated heterocycles. The lowest BCUT2D eigenvalue weighted by Gasteiger charge is -2.23. The molecule has 0 N–H and O–H groups in total. The highest BCUT2D eigenvalue weighted by molar-refractivity contribution is 5.95. The lowest BCUT2D eigenvalue weighted by molar-refractivity contribution is 0.0272. The fraction of sp³-hybridized carbons (Fsp3) is 0.278. The molecular formula is C18H20N2O2. The molecule has 0 aliphatic carbocycles. The van der Waals surface area contributed by atoms with Crippen LogP contribution >= 0.6 is 0 Å². The molecule has 22 heavy (non-hydrogen) atoms. The van der Waals surface area contributed by atoms with E-state index in [1.54, 1.807) is 4.90 Å². The molecule has 1 aliphatic rings. The second-order valence-corrected chi connectivity index (χ2v) is 5.57. The van der Waals surface area contributed by atoms with Crippen LogP contribution in [-0.4, -0.2) is 38.1 Å². The number of carbonyl (C=O) groups is 1. The van der Waals surface area contributed by atoms with Crippen LogP contribution in [0, 0.1) is 0 Å². The van der Waals surface area contributed by atoms with Crippen molar-refractivity contribution in [1.82, 2.24) is 4.90 Å². The van der Waals surface area contributed by atoms with Crippen molar-refractivity contribution < 1.29 is 9.53 Å². The lowest BCUT2D eigenvalue weighted by Crippen LogP contribution is -2.31. The van der Waals surface area contributed by atoms with E-state index in [1.807, 2.05) is 73.6 Å². The second kappa shape index (κ2) is 6.20. The van der Waals surface area contributed by atoms with Gasteiger partial charge in [-0.25, -0.2) is 0 Å². The van der Waals surface area contributed by atoms with Gasteiger partial charge in [-0.15, -0.1) is 0 Å². The van der Waals surface area contributed by atoms with E-state index in [2.05, 4.69) is 0 Å². The van der Waals surface area contributed by atoms with Crippen molar-refractivity contribution in [3.05, 3.63) is 65.7 Å². The Morgan fingerprint density at radius 3 is 2.41 bits per heavy atom. The Hall–Kier alpha value is -2.33. The SMILES string of the molecule is CN(C)c1ccc(C(=O)N2CCOC2c2ccccc2)cc1. The Bertz CT molecular complexity index is 638. The molecule has 1 heterocycles. The second-order valence-electron chi connectivity index (χ2n) is 5.57. The molecule has 0 saturated carbocycles. The molecule has 2 aromatic carbocycles. The highest BCUT2D eigenvalue weighted by Crippen LogP contribution is 2.28. The number of carbonyl (C=O) groups excluding carboxylic acids is 1. The van der Waals surface area contributed by atoms with E-state index in [-0.39, 0.29) is 12.1 Å². The molecule has 1 fully saturated rings. The number of benzene rings is 2. The van der Waals surface area contributed by atoms with E-state index in [9.17, 15) is 4.79 Å². The first-order chi connectivity index (χ1) is 10.7. The van der Waals surface area contributed by atoms with Crippen LogP contribution in [0.1, 0.15) is 22.1 Å². The molecule has 0 bridgehead atoms. The van der Waals surface area contributed by atoms with Crippen molar-refractivity contribution in [3.8, 4) is 0 Å². The molecule has 4 heteroatoms. The molecule has 1 aliphatic heterocycles. The average Bonchev–Trinajstić information content (AvgIpc) is 3.04. The summed E-state index contributed by atoms with van der Waals surface area (Å²) in [4.78, 5) is 16.5. The summed E-state index contributed by atoms with van der Waals surface area (Å²) in [6.07, 6.45) is -0.290. The monoisotopic (exact) mass is 296 g/mol. The third-order valence-corrected chi connectivity index (χ3v) is 3.87. The van der Waals surface area contributed by atoms with Crippen LogP contribution in [0.5, 0.6) is 0 Å². The standard InChI is InChI=1S/C18H20N2O2/c1-19(2)16-10-8-14(9-11-16)17(21)20-12-13-22-18(20)15-6-4-3-5-7-15/h3-11,18H,12-13H2,1-2H3. The zero-order valence-electron chi connectivity index (χ0n) is 12.9. The number of amides is 1. The van der Waals surface area contributed by atoms with Gasteiger partial charge in [0.15, 0.2) is 6.23 Å². The van der Waals surface area contributed by atoms with Crippen LogP contribution in [0.4, 0.5) is 5.69 Å². The Kier molecular flexibility index (Phi) is 4.11. The molecule has 4 nitrogen and oxygen atoms in total. The minimum atomic E-state index is -0.290. The summed E-state index contributed by atoms with van der Waals surface area (Å²) in [7, 11) is 3.97. The van der Waals surface area contributed by atoms with Gasteiger partial charge in [-0.2, -0.15) is 0 Å². The van der Waals surface area contributed by atoms with Gasteiger partial charge in [0.2, 0.25) is 0 Å². The third kappa shape index (κ3) is 2.83. The van der Waals surface area contributed by atoms with Crippen LogP contribution in [0.15, 0.2) is 54.6 Å². The fourth-order valence-electron chi connectivity index (χ4n) is 2.64. The molecule has 114 valence electrons. The Morgan fingerprint density at radius 1 is 1.09 bits per heavy atom. The van der Waals surface area contributed by atoms with Crippen molar-refractivity contribution in [2.24, 2.45) is 0 Å². The smallest absolute Gasteiger partial charge is 0.256 e. The minimum Gasteiger partial charge on any atom is -0.378 e. The van der Waals surface area contributed by atoms with Gasteiger partial charge in [0, 0.05) is 37.5 Å². The maximum Gasteiger partial charge on any atom is 0.256 e. The van der Waals surface area contributed by atoms with Crippen molar-refractivity contribution in [3.63, 3.8) is 0 Å². The lowest BCUT2D eigenvalue weighted by atomic mass is 10.1. The van der Waals surface area contributed by atoms with Gasteiger partial charge in [0.25, 0.3) is 5.91 Å². The van der Waals surface area contributed by atoms with Crippen LogP contribution in [-0.2, 0) is 4.74 Å². The van der Waals surface area contributed by atoms with Crippen LogP contribution < -0.4 is 4.90 Å². The van der Waals surface area contributed by atoms with Crippen molar-refractivity contribution >= 4 is 11.6 Å². The van der Waals surface area contributed by atoms with Crippen molar-refractivity contribution in [1.29, 1.82) is 0 Å². The van der Waals surface area contributed by atoms with E-state index in [0.717, 1.165) is 11.3 Å². The molecule has 1 atom stereocenters. The number of ether oxygens (including phenoxy) is 1. The average molecular weight is 296 g/mol. The van der Waals surface area contributed by atoms with E-state index in [1.165, 1.54) is 0 Å². The van der Waals surface area contributed by atoms with Gasteiger partial charge in [-0.3, -0.25) is 4.79 Å². The summed E-state index contributed by atoms with van der Waals surface area (Å²) in [6, 6.07) is 17.5. The quantitative estimate of drug-likeness (QED) is 0.873. The molecule has 3 rings (SSSR count). The van der Waals surface area contributed by atoms with Crippen LogP contribution in [0.3, 0.4) is 0 Å². The summed E-state index contributed by atoms with van der Waals surface area (Å²) in [5, 5.41) is 0. The molecule has 0 radical (unpaired) electrons. The van der Waals surface area contributed by atoms with E-state index in [0.29, 0.717) is 18.7 Å². The Labute approximate surface area is 130 Å². The maximum absolute atomic E-state index is 12.7. The number of hydrogen-bond acceptors (Lipinski definition) is 3. The fourth-order valence-corrected chi connectivity index (χ4v) is 2.64. The van der Waals surface area contributed by atoms with Crippen LogP contribution in [0.25, 0.3) is 0 Å². The Morgan fingerprint density at radius 2 is 1.77 bits per heavy atom. The number of rotatable bonds is 3. The Balaban J connectivity index is 1.81. The maximum atomic E-state index is 12.7. The van der Waals surface area contributed by atoms with Crippen molar-refractivity contribution in [2.75, 3.05) is 32.1 Å². The largest absolute Gasteiger partial charge is 0.378 e. The molecule has 0 spiro atoms. The zero-order valence-corrected chi connectivity index (χ0v) is 12.9. The first kappa shape index (κ1) is 14.6. The van der Waals surface area contributed by atoms with Gasteiger partial charge in [-0.05, 0) is 24.3 Å². The molecule has 2 aromatic rings. The first-order valence-corrected chi connectivity index (χ1v) is 7.42. The topological polar surface area (TPSA) is 32.8 Å². The normalized spacial score (nSPS) is 17.5. The third-order valence-electron chi connectivity index (χ3n) is 3.87. The first-order valence-electron chi connectivity index (χ1n) is 7.42. The van der Waals surface area contributed by atoms with Gasteiger partial charge >= 0.3 is 0 Å². The van der Waals surface area contributed by atoms with E-state index in [4.69, 9.17) is 4.74 Å². The van der Waals surface area contributed by atoms with Gasteiger partial charge in [-0.1, -0.05) is 30.3 Å². The van der Waals surface area contributed by atoms with Crippen LogP contribution in [0.2, 0.25) is 0 Å². The summed E-state index contributed by atoms with van der Waals surface area (Å²) < 4.78 is 5.75. The van der Waals surface area contributed by atoms with Gasteiger partial charge in [0.05, 0.1) is 6.61 Å². The highest BCUT2D eigenvalue weighted by Gasteiger charge is 2.31. The highest BCUT2D eigenvalue weighted by atomic mass is 16.5. The molecular weight excluding hydrogens is 276 g/mol. The predicted molar refractivity (Wildman–Crippen MR) is 86.9 cm³/mol.